The molecule has 1 rings (SSSR count). The summed E-state index contributed by atoms with van der Waals surface area (Å²) in [6, 6.07) is 4.84. The first-order valence-corrected chi connectivity index (χ1v) is 6.79. The second-order valence-corrected chi connectivity index (χ2v) is 5.18. The maximum absolute atomic E-state index is 10.7. The molecule has 2 N–H and O–H groups in total. The number of nitro groups is 1. The van der Waals surface area contributed by atoms with Crippen LogP contribution < -0.4 is 0 Å². The number of hydrogen-bond acceptors (Lipinski definition) is 5. The SMILES string of the molecule is O=[N+]([O-])c1cccc(CSCC(O)CO)c1Br. The van der Waals surface area contributed by atoms with E-state index >= 15 is 0 Å². The normalized spacial score (nSPS) is 12.4. The third-order valence-electron chi connectivity index (χ3n) is 2.03. The molecular weight excluding hydrogens is 310 g/mol. The van der Waals surface area contributed by atoms with Crippen molar-refractivity contribution in [3.63, 3.8) is 0 Å². The predicted molar refractivity (Wildman–Crippen MR) is 70.1 cm³/mol. The van der Waals surface area contributed by atoms with Crippen molar-refractivity contribution in [3.8, 4) is 0 Å². The Kier molecular flexibility index (Phi) is 5.90. The molecule has 94 valence electrons. The number of aliphatic hydroxyl groups excluding tert-OH is 2. The summed E-state index contributed by atoms with van der Waals surface area (Å²) in [4.78, 5) is 10.3. The molecule has 0 aliphatic heterocycles. The first-order chi connectivity index (χ1) is 8.06. The Morgan fingerprint density at radius 3 is 2.82 bits per heavy atom. The number of hydrogen-bond donors (Lipinski definition) is 2. The van der Waals surface area contributed by atoms with E-state index < -0.39 is 11.0 Å². The molecule has 0 saturated heterocycles. The summed E-state index contributed by atoms with van der Waals surface area (Å²) >= 11 is 4.61. The van der Waals surface area contributed by atoms with Crippen molar-refractivity contribution < 1.29 is 15.1 Å². The van der Waals surface area contributed by atoms with Crippen molar-refractivity contribution in [2.24, 2.45) is 0 Å². The first kappa shape index (κ1) is 14.4. The molecule has 1 unspecified atom stereocenters. The molecule has 0 fully saturated rings. The molecule has 0 bridgehead atoms. The van der Waals surface area contributed by atoms with Gasteiger partial charge in [0, 0.05) is 17.6 Å². The zero-order chi connectivity index (χ0) is 12.8. The Hall–Kier alpha value is -0.630. The van der Waals surface area contributed by atoms with Gasteiger partial charge < -0.3 is 10.2 Å². The van der Waals surface area contributed by atoms with E-state index in [9.17, 15) is 10.1 Å². The molecule has 1 aromatic rings. The number of aliphatic hydroxyl groups is 2. The molecule has 0 aliphatic rings. The Morgan fingerprint density at radius 2 is 2.24 bits per heavy atom. The molecule has 0 amide bonds. The van der Waals surface area contributed by atoms with Crippen molar-refractivity contribution >= 4 is 33.4 Å². The van der Waals surface area contributed by atoms with Gasteiger partial charge in [-0.15, -0.1) is 0 Å². The van der Waals surface area contributed by atoms with Crippen LogP contribution in [0.15, 0.2) is 22.7 Å². The van der Waals surface area contributed by atoms with Crippen molar-refractivity contribution in [2.75, 3.05) is 12.4 Å². The third kappa shape index (κ3) is 4.27. The highest BCUT2D eigenvalue weighted by Gasteiger charge is 2.14. The van der Waals surface area contributed by atoms with Gasteiger partial charge in [0.25, 0.3) is 5.69 Å². The van der Waals surface area contributed by atoms with Crippen LogP contribution in [0.5, 0.6) is 0 Å². The monoisotopic (exact) mass is 321 g/mol. The topological polar surface area (TPSA) is 83.6 Å². The third-order valence-corrected chi connectivity index (χ3v) is 4.08. The molecular formula is C10H12BrNO4S. The van der Waals surface area contributed by atoms with Crippen molar-refractivity contribution in [3.05, 3.63) is 38.3 Å². The molecule has 0 heterocycles. The second-order valence-electron chi connectivity index (χ2n) is 3.36. The van der Waals surface area contributed by atoms with Gasteiger partial charge in [-0.05, 0) is 21.5 Å². The Morgan fingerprint density at radius 1 is 1.53 bits per heavy atom. The average Bonchev–Trinajstić information content (AvgIpc) is 2.30. The summed E-state index contributed by atoms with van der Waals surface area (Å²) < 4.78 is 0.469. The lowest BCUT2D eigenvalue weighted by Crippen LogP contribution is -2.14. The Balaban J connectivity index is 2.66. The molecule has 0 aliphatic carbocycles. The number of benzene rings is 1. The summed E-state index contributed by atoms with van der Waals surface area (Å²) in [6.45, 7) is -0.275. The van der Waals surface area contributed by atoms with E-state index in [1.165, 1.54) is 17.8 Å². The summed E-state index contributed by atoms with van der Waals surface area (Å²) in [5.74, 6) is 0.935. The van der Waals surface area contributed by atoms with E-state index in [-0.39, 0.29) is 12.3 Å². The molecule has 5 nitrogen and oxygen atoms in total. The molecule has 7 heteroatoms. The average molecular weight is 322 g/mol. The fourth-order valence-electron chi connectivity index (χ4n) is 1.18. The minimum atomic E-state index is -0.752. The van der Waals surface area contributed by atoms with Crippen LogP contribution in [-0.2, 0) is 5.75 Å². The van der Waals surface area contributed by atoms with E-state index in [1.807, 2.05) is 0 Å². The first-order valence-electron chi connectivity index (χ1n) is 4.84. The van der Waals surface area contributed by atoms with E-state index in [0.717, 1.165) is 5.56 Å². The molecule has 0 aromatic heterocycles. The zero-order valence-corrected chi connectivity index (χ0v) is 11.3. The predicted octanol–water partition coefficient (Wildman–Crippen LogP) is 1.94. The van der Waals surface area contributed by atoms with Crippen LogP contribution in [0, 0.1) is 10.1 Å². The van der Waals surface area contributed by atoms with E-state index in [2.05, 4.69) is 15.9 Å². The van der Waals surface area contributed by atoms with E-state index in [0.29, 0.717) is 16.0 Å². The van der Waals surface area contributed by atoms with Crippen LogP contribution >= 0.6 is 27.7 Å². The second kappa shape index (κ2) is 6.95. The van der Waals surface area contributed by atoms with Gasteiger partial charge in [0.15, 0.2) is 0 Å². The van der Waals surface area contributed by atoms with Crippen LogP contribution in [0.2, 0.25) is 0 Å². The lowest BCUT2D eigenvalue weighted by molar-refractivity contribution is -0.385. The highest BCUT2D eigenvalue weighted by molar-refractivity contribution is 9.10. The highest BCUT2D eigenvalue weighted by atomic mass is 79.9. The molecule has 0 saturated carbocycles. The summed E-state index contributed by atoms with van der Waals surface area (Å²) in [5, 5.41) is 28.5. The zero-order valence-electron chi connectivity index (χ0n) is 8.88. The van der Waals surface area contributed by atoms with Gasteiger partial charge in [-0.25, -0.2) is 0 Å². The Bertz CT molecular complexity index is 402. The summed E-state index contributed by atoms with van der Waals surface area (Å²) in [5.41, 5.74) is 0.833. The Labute approximate surface area is 111 Å². The maximum Gasteiger partial charge on any atom is 0.283 e. The molecule has 1 atom stereocenters. The van der Waals surface area contributed by atoms with Crippen molar-refractivity contribution in [1.29, 1.82) is 0 Å². The van der Waals surface area contributed by atoms with Crippen LogP contribution in [0.25, 0.3) is 0 Å². The summed E-state index contributed by atoms with van der Waals surface area (Å²) in [7, 11) is 0. The minimum Gasteiger partial charge on any atom is -0.394 e. The van der Waals surface area contributed by atoms with Gasteiger partial charge >= 0.3 is 0 Å². The number of thioether (sulfide) groups is 1. The van der Waals surface area contributed by atoms with Gasteiger partial charge in [-0.1, -0.05) is 12.1 Å². The van der Waals surface area contributed by atoms with Crippen LogP contribution in [-0.4, -0.2) is 33.6 Å². The minimum absolute atomic E-state index is 0.0332. The van der Waals surface area contributed by atoms with Crippen LogP contribution in [0.4, 0.5) is 5.69 Å². The maximum atomic E-state index is 10.7. The van der Waals surface area contributed by atoms with Gasteiger partial charge in [-0.3, -0.25) is 10.1 Å². The largest absolute Gasteiger partial charge is 0.394 e. The quantitative estimate of drug-likeness (QED) is 0.618. The van der Waals surface area contributed by atoms with Crippen LogP contribution in [0.1, 0.15) is 5.56 Å². The highest BCUT2D eigenvalue weighted by Crippen LogP contribution is 2.30. The fraction of sp³-hybridized carbons (Fsp3) is 0.400. The number of halogens is 1. The van der Waals surface area contributed by atoms with Gasteiger partial charge in [0.05, 0.1) is 22.1 Å². The molecule has 17 heavy (non-hydrogen) atoms. The number of nitro benzene ring substituents is 1. The summed E-state index contributed by atoms with van der Waals surface area (Å²) in [6.07, 6.45) is -0.752. The van der Waals surface area contributed by atoms with Crippen molar-refractivity contribution in [2.45, 2.75) is 11.9 Å². The fourth-order valence-corrected chi connectivity index (χ4v) is 2.87. The molecule has 1 aromatic carbocycles. The van der Waals surface area contributed by atoms with Crippen LogP contribution in [0.3, 0.4) is 0 Å². The molecule has 0 spiro atoms. The smallest absolute Gasteiger partial charge is 0.283 e. The lowest BCUT2D eigenvalue weighted by atomic mass is 10.2. The lowest BCUT2D eigenvalue weighted by Gasteiger charge is -2.07. The van der Waals surface area contributed by atoms with E-state index in [4.69, 9.17) is 10.2 Å². The van der Waals surface area contributed by atoms with Gasteiger partial charge in [0.2, 0.25) is 0 Å². The molecule has 0 radical (unpaired) electrons. The van der Waals surface area contributed by atoms with Gasteiger partial charge in [0.1, 0.15) is 0 Å². The number of nitrogens with zero attached hydrogens (tertiary/aromatic N) is 1. The van der Waals surface area contributed by atoms with E-state index in [1.54, 1.807) is 12.1 Å². The van der Waals surface area contributed by atoms with Gasteiger partial charge in [-0.2, -0.15) is 11.8 Å². The standard InChI is InChI=1S/C10H12BrNO4S/c11-10-7(5-17-6-8(14)4-13)2-1-3-9(10)12(15)16/h1-3,8,13-14H,4-6H2. The number of rotatable bonds is 6. The van der Waals surface area contributed by atoms with Crippen molar-refractivity contribution in [1.82, 2.24) is 0 Å².